The SMILES string of the molecule is CCC(O)(CC)CN1CCN(CCN(C)C)CC1. The van der Waals surface area contributed by atoms with Gasteiger partial charge < -0.3 is 10.0 Å². The van der Waals surface area contributed by atoms with Crippen molar-refractivity contribution in [1.82, 2.24) is 14.7 Å². The topological polar surface area (TPSA) is 30.0 Å². The Morgan fingerprint density at radius 2 is 1.50 bits per heavy atom. The van der Waals surface area contributed by atoms with Crippen LogP contribution in [0.2, 0.25) is 0 Å². The van der Waals surface area contributed by atoms with Crippen LogP contribution in [-0.2, 0) is 0 Å². The molecule has 0 amide bonds. The van der Waals surface area contributed by atoms with Gasteiger partial charge in [-0.15, -0.1) is 0 Å². The molecule has 0 aromatic rings. The van der Waals surface area contributed by atoms with E-state index in [1.165, 1.54) is 0 Å². The summed E-state index contributed by atoms with van der Waals surface area (Å²) in [5, 5.41) is 10.4. The first-order valence-electron chi connectivity index (χ1n) is 7.31. The molecular weight excluding hydrogens is 226 g/mol. The maximum atomic E-state index is 10.4. The third-order valence-electron chi connectivity index (χ3n) is 4.16. The Bertz CT molecular complexity index is 221. The first kappa shape index (κ1) is 15.9. The van der Waals surface area contributed by atoms with Crippen LogP contribution in [0.4, 0.5) is 0 Å². The van der Waals surface area contributed by atoms with Gasteiger partial charge in [0.1, 0.15) is 0 Å². The molecule has 1 N–H and O–H groups in total. The molecule has 1 fully saturated rings. The summed E-state index contributed by atoms with van der Waals surface area (Å²) in [6.07, 6.45) is 1.70. The first-order valence-corrected chi connectivity index (χ1v) is 7.31. The second kappa shape index (κ2) is 7.43. The number of hydrogen-bond acceptors (Lipinski definition) is 4. The predicted octanol–water partition coefficient (Wildman–Crippen LogP) is 0.717. The van der Waals surface area contributed by atoms with Crippen molar-refractivity contribution in [3.8, 4) is 0 Å². The molecule has 0 unspecified atom stereocenters. The quantitative estimate of drug-likeness (QED) is 0.728. The zero-order valence-electron chi connectivity index (χ0n) is 12.7. The molecule has 0 aliphatic carbocycles. The van der Waals surface area contributed by atoms with E-state index in [1.54, 1.807) is 0 Å². The summed E-state index contributed by atoms with van der Waals surface area (Å²) in [4.78, 5) is 7.17. The minimum atomic E-state index is -0.480. The fourth-order valence-electron chi connectivity index (χ4n) is 2.40. The third-order valence-corrected chi connectivity index (χ3v) is 4.16. The van der Waals surface area contributed by atoms with Gasteiger partial charge in [0, 0.05) is 45.8 Å². The van der Waals surface area contributed by atoms with Crippen molar-refractivity contribution in [2.75, 3.05) is 59.9 Å². The van der Waals surface area contributed by atoms with Crippen LogP contribution in [0.5, 0.6) is 0 Å². The van der Waals surface area contributed by atoms with E-state index >= 15 is 0 Å². The van der Waals surface area contributed by atoms with E-state index in [4.69, 9.17) is 0 Å². The summed E-state index contributed by atoms with van der Waals surface area (Å²) < 4.78 is 0. The molecule has 4 heteroatoms. The lowest BCUT2D eigenvalue weighted by molar-refractivity contribution is -0.0157. The van der Waals surface area contributed by atoms with Crippen molar-refractivity contribution in [1.29, 1.82) is 0 Å². The van der Waals surface area contributed by atoms with E-state index in [-0.39, 0.29) is 0 Å². The number of nitrogens with zero attached hydrogens (tertiary/aromatic N) is 3. The van der Waals surface area contributed by atoms with E-state index in [9.17, 15) is 5.11 Å². The van der Waals surface area contributed by atoms with Crippen molar-refractivity contribution in [2.45, 2.75) is 32.3 Å². The average molecular weight is 257 g/mol. The molecule has 1 heterocycles. The van der Waals surface area contributed by atoms with E-state index in [0.29, 0.717) is 0 Å². The van der Waals surface area contributed by atoms with Crippen molar-refractivity contribution in [3.05, 3.63) is 0 Å². The van der Waals surface area contributed by atoms with Crippen LogP contribution in [0, 0.1) is 0 Å². The molecule has 0 aromatic carbocycles. The Morgan fingerprint density at radius 1 is 1.00 bits per heavy atom. The summed E-state index contributed by atoms with van der Waals surface area (Å²) in [7, 11) is 4.25. The van der Waals surface area contributed by atoms with E-state index in [1.807, 2.05) is 0 Å². The van der Waals surface area contributed by atoms with Gasteiger partial charge in [-0.2, -0.15) is 0 Å². The van der Waals surface area contributed by atoms with Crippen LogP contribution in [0.1, 0.15) is 26.7 Å². The molecule has 1 rings (SSSR count). The van der Waals surface area contributed by atoms with Gasteiger partial charge in [-0.3, -0.25) is 9.80 Å². The molecule has 1 saturated heterocycles. The highest BCUT2D eigenvalue weighted by atomic mass is 16.3. The van der Waals surface area contributed by atoms with E-state index in [0.717, 1.165) is 58.7 Å². The lowest BCUT2D eigenvalue weighted by Crippen LogP contribution is -2.52. The number of rotatable bonds is 7. The Balaban J connectivity index is 2.26. The van der Waals surface area contributed by atoms with Gasteiger partial charge in [0.2, 0.25) is 0 Å². The number of aliphatic hydroxyl groups is 1. The fraction of sp³-hybridized carbons (Fsp3) is 1.00. The van der Waals surface area contributed by atoms with Crippen LogP contribution < -0.4 is 0 Å². The summed E-state index contributed by atoms with van der Waals surface area (Å²) in [5.74, 6) is 0. The zero-order chi connectivity index (χ0) is 13.6. The molecule has 1 aliphatic heterocycles. The highest BCUT2D eigenvalue weighted by Gasteiger charge is 2.27. The maximum absolute atomic E-state index is 10.4. The van der Waals surface area contributed by atoms with Gasteiger partial charge >= 0.3 is 0 Å². The second-order valence-corrected chi connectivity index (χ2v) is 5.85. The molecule has 0 atom stereocenters. The lowest BCUT2D eigenvalue weighted by Gasteiger charge is -2.39. The molecule has 0 spiro atoms. The maximum Gasteiger partial charge on any atom is 0.0768 e. The Hall–Kier alpha value is -0.160. The monoisotopic (exact) mass is 257 g/mol. The van der Waals surface area contributed by atoms with Gasteiger partial charge in [0.05, 0.1) is 5.60 Å². The number of likely N-dealkylation sites (N-methyl/N-ethyl adjacent to an activating group) is 1. The molecule has 0 aromatic heterocycles. The summed E-state index contributed by atoms with van der Waals surface area (Å²) >= 11 is 0. The van der Waals surface area contributed by atoms with Crippen molar-refractivity contribution in [3.63, 3.8) is 0 Å². The molecule has 18 heavy (non-hydrogen) atoms. The van der Waals surface area contributed by atoms with Crippen LogP contribution in [0.3, 0.4) is 0 Å². The van der Waals surface area contributed by atoms with Crippen LogP contribution in [-0.4, -0.2) is 85.3 Å². The smallest absolute Gasteiger partial charge is 0.0768 e. The van der Waals surface area contributed by atoms with Crippen LogP contribution in [0.15, 0.2) is 0 Å². The zero-order valence-corrected chi connectivity index (χ0v) is 12.7. The number of β-amino-alcohol motifs (C(OH)–C–C–N with tert-alkyl or cyclic N) is 1. The molecule has 1 aliphatic rings. The molecular formula is C14H31N3O. The molecule has 108 valence electrons. The van der Waals surface area contributed by atoms with Gasteiger partial charge in [-0.05, 0) is 26.9 Å². The fourth-order valence-corrected chi connectivity index (χ4v) is 2.40. The van der Waals surface area contributed by atoms with Crippen LogP contribution >= 0.6 is 0 Å². The summed E-state index contributed by atoms with van der Waals surface area (Å²) in [6.45, 7) is 11.7. The Kier molecular flexibility index (Phi) is 6.57. The van der Waals surface area contributed by atoms with Gasteiger partial charge in [0.25, 0.3) is 0 Å². The number of piperazine rings is 1. The first-order chi connectivity index (χ1) is 8.49. The van der Waals surface area contributed by atoms with E-state index < -0.39 is 5.60 Å². The second-order valence-electron chi connectivity index (χ2n) is 5.85. The minimum absolute atomic E-state index is 0.480. The Morgan fingerprint density at radius 3 is 1.94 bits per heavy atom. The van der Waals surface area contributed by atoms with Crippen molar-refractivity contribution in [2.24, 2.45) is 0 Å². The largest absolute Gasteiger partial charge is 0.389 e. The van der Waals surface area contributed by atoms with Gasteiger partial charge in [-0.1, -0.05) is 13.8 Å². The van der Waals surface area contributed by atoms with Gasteiger partial charge in [-0.25, -0.2) is 0 Å². The molecule has 0 bridgehead atoms. The van der Waals surface area contributed by atoms with E-state index in [2.05, 4.69) is 42.6 Å². The highest BCUT2D eigenvalue weighted by Crippen LogP contribution is 2.17. The van der Waals surface area contributed by atoms with Crippen LogP contribution in [0.25, 0.3) is 0 Å². The average Bonchev–Trinajstić information content (AvgIpc) is 2.37. The lowest BCUT2D eigenvalue weighted by atomic mass is 9.96. The summed E-state index contributed by atoms with van der Waals surface area (Å²) in [6, 6.07) is 0. The number of hydrogen-bond donors (Lipinski definition) is 1. The molecule has 4 nitrogen and oxygen atoms in total. The highest BCUT2D eigenvalue weighted by molar-refractivity contribution is 4.82. The van der Waals surface area contributed by atoms with Gasteiger partial charge in [0.15, 0.2) is 0 Å². The van der Waals surface area contributed by atoms with Crippen molar-refractivity contribution < 1.29 is 5.11 Å². The standard InChI is InChI=1S/C14H31N3O/c1-5-14(18,6-2)13-17-11-9-16(10-12-17)8-7-15(3)4/h18H,5-13H2,1-4H3. The van der Waals surface area contributed by atoms with Crippen molar-refractivity contribution >= 4 is 0 Å². The summed E-state index contributed by atoms with van der Waals surface area (Å²) in [5.41, 5.74) is -0.480. The molecule has 0 radical (unpaired) electrons. The predicted molar refractivity (Wildman–Crippen MR) is 77.0 cm³/mol. The molecule has 0 saturated carbocycles. The normalized spacial score (nSPS) is 19.7. The third kappa shape index (κ3) is 5.22. The minimum Gasteiger partial charge on any atom is -0.389 e. The Labute approximate surface area is 113 Å².